The van der Waals surface area contributed by atoms with Crippen molar-refractivity contribution in [2.45, 2.75) is 127 Å². The summed E-state index contributed by atoms with van der Waals surface area (Å²) in [4.78, 5) is 71.6. The van der Waals surface area contributed by atoms with Crippen molar-refractivity contribution in [2.75, 3.05) is 6.54 Å². The summed E-state index contributed by atoms with van der Waals surface area (Å²) in [5.74, 6) is -2.83. The van der Waals surface area contributed by atoms with Gasteiger partial charge in [0.25, 0.3) is 0 Å². The van der Waals surface area contributed by atoms with Gasteiger partial charge in [-0.05, 0) is 69.2 Å². The number of carbonyl (C=O) groups is 5. The first kappa shape index (κ1) is 42.4. The Morgan fingerprint density at radius 1 is 1.05 bits per heavy atom. The molecule has 5 amide bonds. The van der Waals surface area contributed by atoms with E-state index >= 15 is 0 Å². The Bertz CT molecular complexity index is 1940. The highest BCUT2D eigenvalue weighted by molar-refractivity contribution is 5.98. The number of alkyl halides is 3. The summed E-state index contributed by atoms with van der Waals surface area (Å²) in [6.45, 7) is 4.69. The van der Waals surface area contributed by atoms with Gasteiger partial charge in [0.05, 0.1) is 13.1 Å². The summed E-state index contributed by atoms with van der Waals surface area (Å²) < 4.78 is 65.3. The van der Waals surface area contributed by atoms with Crippen molar-refractivity contribution in [3.8, 4) is 0 Å². The van der Waals surface area contributed by atoms with E-state index in [2.05, 4.69) is 16.0 Å². The summed E-state index contributed by atoms with van der Waals surface area (Å²) in [6.07, 6.45) is -3.53. The minimum atomic E-state index is -4.89. The third-order valence-corrected chi connectivity index (χ3v) is 10.8. The van der Waals surface area contributed by atoms with Crippen molar-refractivity contribution in [3.63, 3.8) is 0 Å². The van der Waals surface area contributed by atoms with E-state index in [1.165, 1.54) is 28.0 Å². The summed E-state index contributed by atoms with van der Waals surface area (Å²) >= 11 is 0. The van der Waals surface area contributed by atoms with Gasteiger partial charge in [0, 0.05) is 31.0 Å². The third-order valence-electron chi connectivity index (χ3n) is 10.8. The Morgan fingerprint density at radius 2 is 1.81 bits per heavy atom. The molecule has 13 nitrogen and oxygen atoms in total. The SMILES string of the molecule is CC(C)(C)OC(=O)N[C@H]1CCCCC/C=C\C2C[C@@]2(C(=O)NCc2cccc(C(O)C(F)(F)F)c2)NC(=O)[C@@H]2C[C@@H](OC(=O)N3Cc4cccc(F)c4C3)CN2C1=O. The van der Waals surface area contributed by atoms with Gasteiger partial charge in [-0.25, -0.2) is 14.0 Å². The van der Waals surface area contributed by atoms with Crippen molar-refractivity contribution in [3.05, 3.63) is 82.7 Å². The molecule has 2 aromatic carbocycles. The first-order valence-corrected chi connectivity index (χ1v) is 19.5. The molecule has 17 heteroatoms. The van der Waals surface area contributed by atoms with Crippen molar-refractivity contribution in [1.29, 1.82) is 0 Å². The van der Waals surface area contributed by atoms with Gasteiger partial charge in [-0.3, -0.25) is 19.3 Å². The fourth-order valence-electron chi connectivity index (χ4n) is 7.74. The molecule has 3 heterocycles. The van der Waals surface area contributed by atoms with Crippen LogP contribution in [0.1, 0.15) is 94.1 Å². The summed E-state index contributed by atoms with van der Waals surface area (Å²) in [6, 6.07) is 7.29. The van der Waals surface area contributed by atoms with Gasteiger partial charge in [0.1, 0.15) is 35.1 Å². The number of alkyl carbamates (subject to hydrolysis) is 1. The number of hydrogen-bond donors (Lipinski definition) is 4. The Hall–Kier alpha value is -5.19. The second-order valence-corrected chi connectivity index (χ2v) is 16.4. The van der Waals surface area contributed by atoms with E-state index in [0.717, 1.165) is 18.6 Å². The quantitative estimate of drug-likeness (QED) is 0.221. The van der Waals surface area contributed by atoms with Crippen LogP contribution < -0.4 is 16.0 Å². The van der Waals surface area contributed by atoms with E-state index in [1.807, 2.05) is 12.2 Å². The number of carbonyl (C=O) groups excluding carboxylic acids is 5. The molecular formula is C41H49F4N5O8. The van der Waals surface area contributed by atoms with Gasteiger partial charge >= 0.3 is 18.4 Å². The highest BCUT2D eigenvalue weighted by Crippen LogP contribution is 2.46. The molecule has 3 aliphatic heterocycles. The summed E-state index contributed by atoms with van der Waals surface area (Å²) in [5, 5.41) is 18.0. The van der Waals surface area contributed by atoms with Crippen LogP contribution in [0.25, 0.3) is 0 Å². The Kier molecular flexibility index (Phi) is 12.4. The zero-order valence-electron chi connectivity index (χ0n) is 32.6. The lowest BCUT2D eigenvalue weighted by molar-refractivity contribution is -0.206. The molecule has 1 aliphatic carbocycles. The van der Waals surface area contributed by atoms with Crippen LogP contribution in [0, 0.1) is 11.7 Å². The Morgan fingerprint density at radius 3 is 2.53 bits per heavy atom. The molecule has 0 radical (unpaired) electrons. The number of nitrogens with zero attached hydrogens (tertiary/aromatic N) is 2. The number of fused-ring (bicyclic) bond motifs is 3. The van der Waals surface area contributed by atoms with Crippen molar-refractivity contribution in [2.24, 2.45) is 5.92 Å². The highest BCUT2D eigenvalue weighted by Gasteiger charge is 2.61. The molecule has 1 saturated carbocycles. The average molecular weight is 816 g/mol. The minimum absolute atomic E-state index is 0.0260. The predicted molar refractivity (Wildman–Crippen MR) is 200 cm³/mol. The standard InChI is InChI=1S/C41H49F4N5O8/c1-39(2,3)58-37(55)47-31-16-8-6-4-5-7-14-27-19-40(27,36(54)46-20-24-11-9-12-25(17-24)33(51)41(43,44)45)48-34(52)32-18-28(22-50(32)35(31)53)57-38(56)49-21-26-13-10-15-30(42)29(26)23-49/h7,9-15,17,27-28,31-33,51H,4-6,8,16,18-23H2,1-3H3,(H,46,54)(H,47,55)(H,48,52)/b14-7-/t27?,28-,31+,32+,33?,40-/m1/s1. The third kappa shape index (κ3) is 9.91. The number of hydrogen-bond acceptors (Lipinski definition) is 8. The number of aliphatic hydroxyl groups is 1. The van der Waals surface area contributed by atoms with E-state index in [-0.39, 0.29) is 51.0 Å². The van der Waals surface area contributed by atoms with E-state index in [1.54, 1.807) is 32.9 Å². The summed E-state index contributed by atoms with van der Waals surface area (Å²) in [7, 11) is 0. The fourth-order valence-corrected chi connectivity index (χ4v) is 7.74. The van der Waals surface area contributed by atoms with Crippen LogP contribution in [-0.2, 0) is 43.5 Å². The van der Waals surface area contributed by atoms with Crippen LogP contribution in [0.15, 0.2) is 54.6 Å². The van der Waals surface area contributed by atoms with Gasteiger partial charge in [0.2, 0.25) is 17.7 Å². The van der Waals surface area contributed by atoms with Crippen LogP contribution >= 0.6 is 0 Å². The Labute approximate surface area is 333 Å². The average Bonchev–Trinajstić information content (AvgIpc) is 3.44. The molecular weight excluding hydrogens is 766 g/mol. The lowest BCUT2D eigenvalue weighted by Gasteiger charge is -2.30. The van der Waals surface area contributed by atoms with E-state index < -0.39 is 88.8 Å². The number of nitrogens with one attached hydrogen (secondary N) is 3. The fraction of sp³-hybridized carbons (Fsp3) is 0.537. The maximum atomic E-state index is 14.5. The zero-order chi connectivity index (χ0) is 42.0. The number of rotatable bonds is 6. The molecule has 2 aromatic rings. The number of amides is 5. The van der Waals surface area contributed by atoms with Crippen LogP contribution in [0.3, 0.4) is 0 Å². The van der Waals surface area contributed by atoms with Gasteiger partial charge in [-0.2, -0.15) is 13.2 Å². The molecule has 1 saturated heterocycles. The van der Waals surface area contributed by atoms with Gasteiger partial charge in [-0.1, -0.05) is 61.4 Å². The molecule has 0 aromatic heterocycles. The van der Waals surface area contributed by atoms with E-state index in [0.29, 0.717) is 30.4 Å². The topological polar surface area (TPSA) is 167 Å². The molecule has 0 spiro atoms. The van der Waals surface area contributed by atoms with Crippen molar-refractivity contribution < 1.29 is 56.1 Å². The molecule has 2 unspecified atom stereocenters. The first-order valence-electron chi connectivity index (χ1n) is 19.5. The molecule has 6 rings (SSSR count). The second-order valence-electron chi connectivity index (χ2n) is 16.4. The Balaban J connectivity index is 1.23. The number of allylic oxidation sites excluding steroid dienone is 1. The maximum absolute atomic E-state index is 14.5. The lowest BCUT2D eigenvalue weighted by Crippen LogP contribution is -2.57. The van der Waals surface area contributed by atoms with E-state index in [9.17, 15) is 46.6 Å². The van der Waals surface area contributed by atoms with Crippen molar-refractivity contribution >= 4 is 29.9 Å². The number of ether oxygens (including phenoxy) is 2. The molecule has 0 bridgehead atoms. The minimum Gasteiger partial charge on any atom is -0.444 e. The molecule has 6 atom stereocenters. The van der Waals surface area contributed by atoms with Gasteiger partial charge in [0.15, 0.2) is 6.10 Å². The van der Waals surface area contributed by atoms with E-state index in [4.69, 9.17) is 9.47 Å². The first-order chi connectivity index (χ1) is 27.3. The largest absolute Gasteiger partial charge is 0.444 e. The van der Waals surface area contributed by atoms with Crippen LogP contribution in [0.2, 0.25) is 0 Å². The number of aliphatic hydroxyl groups excluding tert-OH is 1. The number of halogens is 4. The van der Waals surface area contributed by atoms with Crippen LogP contribution in [0.5, 0.6) is 0 Å². The van der Waals surface area contributed by atoms with Gasteiger partial charge < -0.3 is 35.4 Å². The lowest BCUT2D eigenvalue weighted by atomic mass is 10.0. The molecule has 314 valence electrons. The highest BCUT2D eigenvalue weighted by atomic mass is 19.4. The molecule has 4 N–H and O–H groups in total. The molecule has 4 aliphatic rings. The van der Waals surface area contributed by atoms with Crippen LogP contribution in [0.4, 0.5) is 27.2 Å². The monoisotopic (exact) mass is 815 g/mol. The predicted octanol–water partition coefficient (Wildman–Crippen LogP) is 5.45. The normalized spacial score (nSPS) is 26.1. The van der Waals surface area contributed by atoms with Gasteiger partial charge in [-0.15, -0.1) is 0 Å². The molecule has 2 fully saturated rings. The second kappa shape index (κ2) is 17.0. The smallest absolute Gasteiger partial charge is 0.418 e. The number of benzene rings is 2. The van der Waals surface area contributed by atoms with Crippen LogP contribution in [-0.4, -0.2) is 86.9 Å². The summed E-state index contributed by atoms with van der Waals surface area (Å²) in [5.41, 5.74) is -1.45. The van der Waals surface area contributed by atoms with Crippen molar-refractivity contribution in [1.82, 2.24) is 25.8 Å². The maximum Gasteiger partial charge on any atom is 0.418 e. The molecule has 58 heavy (non-hydrogen) atoms. The zero-order valence-corrected chi connectivity index (χ0v) is 32.6.